The number of H-pyrrole nitrogens is 1. The Balaban J connectivity index is 2.20. The predicted molar refractivity (Wildman–Crippen MR) is 34.4 cm³/mol. The average Bonchev–Trinajstić information content (AvgIpc) is 2.59. The zero-order valence-corrected chi connectivity index (χ0v) is 5.11. The van der Waals surface area contributed by atoms with Gasteiger partial charge in [-0.2, -0.15) is 5.10 Å². The van der Waals surface area contributed by atoms with Crippen molar-refractivity contribution in [2.45, 2.75) is 0 Å². The molecule has 1 aromatic heterocycles. The standard InChI is InChI=1S/C5H6N4O/c1-2-10-8-9(1)5-3-6-7-4-5/h1-4,8H,(H,6,7). The maximum atomic E-state index is 4.73. The first kappa shape index (κ1) is 5.31. The van der Waals surface area contributed by atoms with Crippen LogP contribution in [0.1, 0.15) is 0 Å². The van der Waals surface area contributed by atoms with Crippen LogP contribution in [0.25, 0.3) is 0 Å². The zero-order valence-electron chi connectivity index (χ0n) is 5.11. The second kappa shape index (κ2) is 2.03. The van der Waals surface area contributed by atoms with E-state index in [1.54, 1.807) is 29.9 Å². The van der Waals surface area contributed by atoms with Gasteiger partial charge < -0.3 is 4.84 Å². The zero-order chi connectivity index (χ0) is 6.81. The van der Waals surface area contributed by atoms with Crippen LogP contribution in [-0.2, 0) is 4.84 Å². The van der Waals surface area contributed by atoms with Gasteiger partial charge in [0.1, 0.15) is 6.26 Å². The Kier molecular flexibility index (Phi) is 1.08. The Bertz CT molecular complexity index is 230. The summed E-state index contributed by atoms with van der Waals surface area (Å²) in [4.78, 5) is 4.73. The van der Waals surface area contributed by atoms with Crippen LogP contribution in [0.5, 0.6) is 0 Å². The highest BCUT2D eigenvalue weighted by atomic mass is 16.7. The predicted octanol–water partition coefficient (Wildman–Crippen LogP) is 0.137. The van der Waals surface area contributed by atoms with Gasteiger partial charge in [0.05, 0.1) is 18.1 Å². The largest absolute Gasteiger partial charge is 0.395 e. The highest BCUT2D eigenvalue weighted by Crippen LogP contribution is 2.10. The van der Waals surface area contributed by atoms with E-state index in [0.29, 0.717) is 0 Å². The molecule has 2 rings (SSSR count). The third-order valence-corrected chi connectivity index (χ3v) is 1.19. The molecule has 0 atom stereocenters. The lowest BCUT2D eigenvalue weighted by Gasteiger charge is -2.09. The third-order valence-electron chi connectivity index (χ3n) is 1.19. The monoisotopic (exact) mass is 138 g/mol. The van der Waals surface area contributed by atoms with Gasteiger partial charge in [-0.15, -0.1) is 0 Å². The molecule has 0 saturated heterocycles. The summed E-state index contributed by atoms with van der Waals surface area (Å²) < 4.78 is 0. The van der Waals surface area contributed by atoms with E-state index in [9.17, 15) is 0 Å². The second-order valence-corrected chi connectivity index (χ2v) is 1.82. The molecule has 1 aromatic rings. The van der Waals surface area contributed by atoms with Crippen molar-refractivity contribution in [2.75, 3.05) is 5.01 Å². The molecule has 2 N–H and O–H groups in total. The normalized spacial score (nSPS) is 15.8. The first-order valence-corrected chi connectivity index (χ1v) is 2.83. The van der Waals surface area contributed by atoms with E-state index in [0.717, 1.165) is 5.69 Å². The van der Waals surface area contributed by atoms with Gasteiger partial charge >= 0.3 is 0 Å². The van der Waals surface area contributed by atoms with Gasteiger partial charge in [0.2, 0.25) is 0 Å². The van der Waals surface area contributed by atoms with Gasteiger partial charge in [-0.25, -0.2) is 5.01 Å². The van der Waals surface area contributed by atoms with Gasteiger partial charge in [0.15, 0.2) is 0 Å². The highest BCUT2D eigenvalue weighted by Gasteiger charge is 2.06. The van der Waals surface area contributed by atoms with Crippen molar-refractivity contribution >= 4 is 5.69 Å². The molecule has 0 spiro atoms. The summed E-state index contributed by atoms with van der Waals surface area (Å²) in [7, 11) is 0. The number of aromatic nitrogens is 2. The van der Waals surface area contributed by atoms with Crippen LogP contribution in [0.2, 0.25) is 0 Å². The molecule has 1 aliphatic heterocycles. The minimum absolute atomic E-state index is 0.911. The molecule has 0 amide bonds. The van der Waals surface area contributed by atoms with Gasteiger partial charge in [-0.05, 0) is 0 Å². The van der Waals surface area contributed by atoms with Crippen molar-refractivity contribution in [2.24, 2.45) is 0 Å². The van der Waals surface area contributed by atoms with Gasteiger partial charge in [0, 0.05) is 6.20 Å². The lowest BCUT2D eigenvalue weighted by molar-refractivity contribution is 0.159. The molecule has 10 heavy (non-hydrogen) atoms. The van der Waals surface area contributed by atoms with Gasteiger partial charge in [-0.1, -0.05) is 5.59 Å². The maximum Gasteiger partial charge on any atom is 0.131 e. The number of hydrogen-bond acceptors (Lipinski definition) is 4. The Morgan fingerprint density at radius 3 is 3.20 bits per heavy atom. The highest BCUT2D eigenvalue weighted by molar-refractivity contribution is 5.43. The number of nitrogens with zero attached hydrogens (tertiary/aromatic N) is 2. The fraction of sp³-hybridized carbons (Fsp3) is 0. The lowest BCUT2D eigenvalue weighted by atomic mass is 10.6. The second-order valence-electron chi connectivity index (χ2n) is 1.82. The van der Waals surface area contributed by atoms with Crippen LogP contribution >= 0.6 is 0 Å². The summed E-state index contributed by atoms with van der Waals surface area (Å²) in [6.07, 6.45) is 6.75. The molecule has 1 aliphatic rings. The SMILES string of the molecule is C1=CN(c2cn[nH]c2)NO1. The number of hydrogen-bond donors (Lipinski definition) is 2. The average molecular weight is 138 g/mol. The minimum Gasteiger partial charge on any atom is -0.395 e. The van der Waals surface area contributed by atoms with Gasteiger partial charge in [0.25, 0.3) is 0 Å². The number of anilines is 1. The third kappa shape index (κ3) is 0.725. The van der Waals surface area contributed by atoms with Crippen LogP contribution < -0.4 is 10.6 Å². The first-order valence-electron chi connectivity index (χ1n) is 2.83. The van der Waals surface area contributed by atoms with Crippen molar-refractivity contribution in [3.63, 3.8) is 0 Å². The van der Waals surface area contributed by atoms with Crippen LogP contribution in [0, 0.1) is 0 Å². The van der Waals surface area contributed by atoms with Crippen molar-refractivity contribution in [1.82, 2.24) is 15.8 Å². The van der Waals surface area contributed by atoms with Crippen molar-refractivity contribution in [1.29, 1.82) is 0 Å². The Morgan fingerprint density at radius 1 is 1.60 bits per heavy atom. The molecule has 0 saturated carbocycles. The Hall–Kier alpha value is -1.49. The summed E-state index contributed by atoms with van der Waals surface area (Å²) in [5.41, 5.74) is 3.53. The van der Waals surface area contributed by atoms with Crippen molar-refractivity contribution < 1.29 is 4.84 Å². The fourth-order valence-corrected chi connectivity index (χ4v) is 0.724. The van der Waals surface area contributed by atoms with Crippen LogP contribution in [0.3, 0.4) is 0 Å². The number of rotatable bonds is 1. The fourth-order valence-electron chi connectivity index (χ4n) is 0.724. The molecule has 2 heterocycles. The van der Waals surface area contributed by atoms with E-state index < -0.39 is 0 Å². The molecular formula is C5H6N4O. The molecular weight excluding hydrogens is 132 g/mol. The number of nitrogens with one attached hydrogen (secondary N) is 2. The van der Waals surface area contributed by atoms with E-state index in [1.165, 1.54) is 0 Å². The van der Waals surface area contributed by atoms with E-state index >= 15 is 0 Å². The summed E-state index contributed by atoms with van der Waals surface area (Å²) in [6, 6.07) is 0. The van der Waals surface area contributed by atoms with Gasteiger partial charge in [-0.3, -0.25) is 5.10 Å². The molecule has 0 radical (unpaired) electrons. The molecule has 52 valence electrons. The molecule has 5 heteroatoms. The number of aromatic amines is 1. The topological polar surface area (TPSA) is 53.2 Å². The van der Waals surface area contributed by atoms with E-state index in [1.807, 2.05) is 0 Å². The Labute approximate surface area is 57.2 Å². The lowest BCUT2D eigenvalue weighted by Crippen LogP contribution is -2.26. The summed E-state index contributed by atoms with van der Waals surface area (Å²) in [5, 5.41) is 8.15. The molecule has 0 unspecified atom stereocenters. The van der Waals surface area contributed by atoms with Crippen LogP contribution in [0.4, 0.5) is 5.69 Å². The number of hydrazine groups is 1. The summed E-state index contributed by atoms with van der Waals surface area (Å²) in [6.45, 7) is 0. The molecule has 0 aromatic carbocycles. The smallest absolute Gasteiger partial charge is 0.131 e. The van der Waals surface area contributed by atoms with E-state index in [-0.39, 0.29) is 0 Å². The van der Waals surface area contributed by atoms with Crippen LogP contribution in [0.15, 0.2) is 24.9 Å². The first-order chi connectivity index (χ1) is 4.97. The summed E-state index contributed by atoms with van der Waals surface area (Å²) in [5.74, 6) is 0. The molecule has 5 nitrogen and oxygen atoms in total. The van der Waals surface area contributed by atoms with E-state index in [2.05, 4.69) is 15.8 Å². The molecule has 0 bridgehead atoms. The molecule has 0 aliphatic carbocycles. The van der Waals surface area contributed by atoms with Crippen LogP contribution in [-0.4, -0.2) is 10.2 Å². The minimum atomic E-state index is 0.911. The van der Waals surface area contributed by atoms with Crippen molar-refractivity contribution in [3.05, 3.63) is 24.9 Å². The quantitative estimate of drug-likeness (QED) is 0.579. The summed E-state index contributed by atoms with van der Waals surface area (Å²) >= 11 is 0. The Morgan fingerprint density at radius 2 is 2.60 bits per heavy atom. The van der Waals surface area contributed by atoms with Crippen molar-refractivity contribution in [3.8, 4) is 0 Å². The van der Waals surface area contributed by atoms with E-state index in [4.69, 9.17) is 4.84 Å². The maximum absolute atomic E-state index is 4.73. The molecule has 0 fully saturated rings.